The molecule has 0 radical (unpaired) electrons. The first-order valence-electron chi connectivity index (χ1n) is 5.55. The van der Waals surface area contributed by atoms with Gasteiger partial charge < -0.3 is 4.74 Å². The normalized spacial score (nSPS) is 10.5. The van der Waals surface area contributed by atoms with Crippen LogP contribution in [0.3, 0.4) is 0 Å². The van der Waals surface area contributed by atoms with Crippen LogP contribution in [0.5, 0.6) is 0 Å². The molecule has 1 heterocycles. The third kappa shape index (κ3) is 5.90. The summed E-state index contributed by atoms with van der Waals surface area (Å²) in [6.45, 7) is 3.73. The smallest absolute Gasteiger partial charge is 0.252 e. The number of nitrogens with zero attached hydrogens (tertiary/aromatic N) is 1. The first-order valence-corrected chi connectivity index (χ1v) is 6.34. The SMILES string of the molecule is CCCCCCOC[n+]1cccc(Br)c1. The van der Waals surface area contributed by atoms with Crippen molar-refractivity contribution in [3.63, 3.8) is 0 Å². The van der Waals surface area contributed by atoms with Crippen LogP contribution >= 0.6 is 15.9 Å². The molecule has 0 saturated carbocycles. The van der Waals surface area contributed by atoms with Gasteiger partial charge in [0.05, 0.1) is 11.1 Å². The van der Waals surface area contributed by atoms with Crippen molar-refractivity contribution >= 4 is 15.9 Å². The topological polar surface area (TPSA) is 13.1 Å². The molecule has 3 heteroatoms. The van der Waals surface area contributed by atoms with E-state index in [1.807, 2.05) is 29.1 Å². The molecule has 0 spiro atoms. The summed E-state index contributed by atoms with van der Waals surface area (Å²) in [4.78, 5) is 0. The van der Waals surface area contributed by atoms with Gasteiger partial charge in [-0.05, 0) is 28.4 Å². The van der Waals surface area contributed by atoms with Crippen LogP contribution in [0.15, 0.2) is 29.0 Å². The lowest BCUT2D eigenvalue weighted by atomic mass is 10.2. The maximum absolute atomic E-state index is 5.56. The van der Waals surface area contributed by atoms with Gasteiger partial charge in [0.15, 0.2) is 12.4 Å². The Bertz CT molecular complexity index is 278. The first-order chi connectivity index (χ1) is 7.33. The third-order valence-corrected chi connectivity index (χ3v) is 2.67. The van der Waals surface area contributed by atoms with E-state index in [1.54, 1.807) is 0 Å². The molecule has 0 fully saturated rings. The van der Waals surface area contributed by atoms with Gasteiger partial charge in [0.1, 0.15) is 0 Å². The largest absolute Gasteiger partial charge is 0.323 e. The van der Waals surface area contributed by atoms with Crippen LogP contribution < -0.4 is 4.57 Å². The maximum Gasteiger partial charge on any atom is 0.252 e. The van der Waals surface area contributed by atoms with E-state index < -0.39 is 0 Å². The number of pyridine rings is 1. The van der Waals surface area contributed by atoms with E-state index in [4.69, 9.17) is 4.74 Å². The molecule has 84 valence electrons. The Morgan fingerprint density at radius 2 is 2.20 bits per heavy atom. The summed E-state index contributed by atoms with van der Waals surface area (Å²) in [5, 5.41) is 0. The second-order valence-corrected chi connectivity index (χ2v) is 4.55. The molecule has 0 atom stereocenters. The van der Waals surface area contributed by atoms with Gasteiger partial charge in [0.2, 0.25) is 0 Å². The second kappa shape index (κ2) is 7.83. The van der Waals surface area contributed by atoms with E-state index >= 15 is 0 Å². The lowest BCUT2D eigenvalue weighted by molar-refractivity contribution is -0.733. The van der Waals surface area contributed by atoms with Crippen LogP contribution in [-0.2, 0) is 11.5 Å². The van der Waals surface area contributed by atoms with E-state index in [-0.39, 0.29) is 0 Å². The summed E-state index contributed by atoms with van der Waals surface area (Å²) >= 11 is 3.43. The predicted molar refractivity (Wildman–Crippen MR) is 64.4 cm³/mol. The third-order valence-electron chi connectivity index (χ3n) is 2.20. The van der Waals surface area contributed by atoms with Crippen molar-refractivity contribution in [1.82, 2.24) is 0 Å². The molecule has 0 aliphatic rings. The molecular weight excluding hydrogens is 254 g/mol. The van der Waals surface area contributed by atoms with Crippen LogP contribution in [0.4, 0.5) is 0 Å². The van der Waals surface area contributed by atoms with Crippen LogP contribution in [-0.4, -0.2) is 6.61 Å². The lowest BCUT2D eigenvalue weighted by Crippen LogP contribution is -2.34. The van der Waals surface area contributed by atoms with Gasteiger partial charge >= 0.3 is 0 Å². The Kier molecular flexibility index (Phi) is 6.60. The minimum Gasteiger partial charge on any atom is -0.323 e. The van der Waals surface area contributed by atoms with Crippen molar-refractivity contribution < 1.29 is 9.30 Å². The molecule has 1 rings (SSSR count). The molecular formula is C12H19BrNO+. The Labute approximate surface area is 100 Å². The van der Waals surface area contributed by atoms with Gasteiger partial charge in [-0.15, -0.1) is 0 Å². The molecule has 0 aliphatic heterocycles. The fourth-order valence-electron chi connectivity index (χ4n) is 1.37. The van der Waals surface area contributed by atoms with Gasteiger partial charge in [-0.25, -0.2) is 0 Å². The number of hydrogen-bond donors (Lipinski definition) is 0. The second-order valence-electron chi connectivity index (χ2n) is 3.63. The van der Waals surface area contributed by atoms with E-state index in [9.17, 15) is 0 Å². The van der Waals surface area contributed by atoms with Crippen molar-refractivity contribution in [2.24, 2.45) is 0 Å². The minimum atomic E-state index is 0.644. The zero-order valence-electron chi connectivity index (χ0n) is 9.29. The molecule has 2 nitrogen and oxygen atoms in total. The highest BCUT2D eigenvalue weighted by Crippen LogP contribution is 2.03. The average Bonchev–Trinajstić information content (AvgIpc) is 2.23. The summed E-state index contributed by atoms with van der Waals surface area (Å²) in [6.07, 6.45) is 9.07. The van der Waals surface area contributed by atoms with Crippen LogP contribution in [0.25, 0.3) is 0 Å². The summed E-state index contributed by atoms with van der Waals surface area (Å²) in [5.74, 6) is 0. The van der Waals surface area contributed by atoms with Crippen molar-refractivity contribution in [3.05, 3.63) is 29.0 Å². The fraction of sp³-hybridized carbons (Fsp3) is 0.583. The van der Waals surface area contributed by atoms with E-state index in [1.165, 1.54) is 25.7 Å². The van der Waals surface area contributed by atoms with Gasteiger partial charge in [-0.3, -0.25) is 0 Å². The van der Waals surface area contributed by atoms with Crippen molar-refractivity contribution in [1.29, 1.82) is 0 Å². The maximum atomic E-state index is 5.56. The van der Waals surface area contributed by atoms with E-state index in [2.05, 4.69) is 22.9 Å². The van der Waals surface area contributed by atoms with Crippen LogP contribution in [0.2, 0.25) is 0 Å². The van der Waals surface area contributed by atoms with Crippen LogP contribution in [0, 0.1) is 0 Å². The standard InChI is InChI=1S/C12H19BrNO/c1-2-3-4-5-9-15-11-14-8-6-7-12(13)10-14/h6-8,10H,2-5,9,11H2,1H3/q+1. The van der Waals surface area contributed by atoms with Crippen molar-refractivity contribution in [2.45, 2.75) is 39.3 Å². The number of aromatic nitrogens is 1. The Morgan fingerprint density at radius 3 is 2.93 bits per heavy atom. The molecule has 0 aromatic carbocycles. The summed E-state index contributed by atoms with van der Waals surface area (Å²) < 4.78 is 8.68. The number of ether oxygens (including phenoxy) is 1. The summed E-state index contributed by atoms with van der Waals surface area (Å²) in [6, 6.07) is 4.02. The monoisotopic (exact) mass is 272 g/mol. The van der Waals surface area contributed by atoms with Crippen LogP contribution in [0.1, 0.15) is 32.6 Å². The Morgan fingerprint density at radius 1 is 1.33 bits per heavy atom. The van der Waals surface area contributed by atoms with Crippen molar-refractivity contribution in [2.75, 3.05) is 6.61 Å². The zero-order chi connectivity index (χ0) is 10.9. The Balaban J connectivity index is 2.10. The van der Waals surface area contributed by atoms with Gasteiger partial charge in [-0.1, -0.05) is 26.2 Å². The number of unbranched alkanes of at least 4 members (excludes halogenated alkanes) is 3. The molecule has 0 aliphatic carbocycles. The van der Waals surface area contributed by atoms with Gasteiger partial charge in [0.25, 0.3) is 6.73 Å². The highest BCUT2D eigenvalue weighted by molar-refractivity contribution is 9.10. The average molecular weight is 273 g/mol. The molecule has 1 aromatic rings. The fourth-order valence-corrected chi connectivity index (χ4v) is 1.79. The lowest BCUT2D eigenvalue weighted by Gasteiger charge is -2.00. The quantitative estimate of drug-likeness (QED) is 0.549. The van der Waals surface area contributed by atoms with Gasteiger partial charge in [0, 0.05) is 6.07 Å². The Hall–Kier alpha value is -0.410. The first kappa shape index (κ1) is 12.7. The van der Waals surface area contributed by atoms with Gasteiger partial charge in [-0.2, -0.15) is 4.57 Å². The zero-order valence-corrected chi connectivity index (χ0v) is 10.9. The summed E-state index contributed by atoms with van der Waals surface area (Å²) in [7, 11) is 0. The highest BCUT2D eigenvalue weighted by atomic mass is 79.9. The molecule has 1 aromatic heterocycles. The number of rotatable bonds is 7. The predicted octanol–water partition coefficient (Wildman–Crippen LogP) is 3.29. The number of hydrogen-bond acceptors (Lipinski definition) is 1. The minimum absolute atomic E-state index is 0.644. The molecule has 0 N–H and O–H groups in total. The molecule has 0 bridgehead atoms. The summed E-state index contributed by atoms with van der Waals surface area (Å²) in [5.41, 5.74) is 0. The number of halogens is 1. The van der Waals surface area contributed by atoms with E-state index in [0.29, 0.717) is 6.73 Å². The molecule has 0 unspecified atom stereocenters. The molecule has 0 amide bonds. The molecule has 15 heavy (non-hydrogen) atoms. The van der Waals surface area contributed by atoms with E-state index in [0.717, 1.165) is 11.1 Å². The van der Waals surface area contributed by atoms with Crippen molar-refractivity contribution in [3.8, 4) is 0 Å². The molecule has 0 saturated heterocycles. The highest BCUT2D eigenvalue weighted by Gasteiger charge is 1.99.